The maximum absolute atomic E-state index is 12.3. The fourth-order valence-electron chi connectivity index (χ4n) is 1.74. The van der Waals surface area contributed by atoms with Gasteiger partial charge in [0.2, 0.25) is 0 Å². The van der Waals surface area contributed by atoms with Crippen LogP contribution >= 0.6 is 49.9 Å². The average molecular weight is 444 g/mol. The second-order valence-electron chi connectivity index (χ2n) is 4.52. The van der Waals surface area contributed by atoms with E-state index in [1.165, 1.54) is 29.8 Å². The van der Waals surface area contributed by atoms with E-state index in [2.05, 4.69) is 36.0 Å². The van der Waals surface area contributed by atoms with Gasteiger partial charge in [-0.05, 0) is 22.0 Å². The molecule has 0 radical (unpaired) electrons. The summed E-state index contributed by atoms with van der Waals surface area (Å²) in [7, 11) is 1.32. The Bertz CT molecular complexity index is 887. The molecule has 124 valence electrons. The van der Waals surface area contributed by atoms with Crippen molar-refractivity contribution in [3.63, 3.8) is 0 Å². The molecule has 0 fully saturated rings. The van der Waals surface area contributed by atoms with Gasteiger partial charge in [0.1, 0.15) is 10.7 Å². The highest BCUT2D eigenvalue weighted by molar-refractivity contribution is 9.10. The molecule has 0 bridgehead atoms. The van der Waals surface area contributed by atoms with E-state index in [4.69, 9.17) is 0 Å². The molecule has 0 spiro atoms. The molecule has 3 heterocycles. The fraction of sp³-hybridized carbons (Fsp3) is 0.143. The highest BCUT2D eigenvalue weighted by atomic mass is 79.9. The molecule has 0 saturated heterocycles. The van der Waals surface area contributed by atoms with Gasteiger partial charge < -0.3 is 4.74 Å². The number of hydrogen-bond donors (Lipinski definition) is 1. The van der Waals surface area contributed by atoms with Crippen molar-refractivity contribution in [1.82, 2.24) is 9.97 Å². The lowest BCUT2D eigenvalue weighted by atomic mass is 10.3. The minimum absolute atomic E-state index is 0.0803. The van der Waals surface area contributed by atoms with E-state index in [0.717, 1.165) is 14.4 Å². The molecule has 10 heteroatoms. The lowest BCUT2D eigenvalue weighted by Crippen LogP contribution is -2.12. The number of carbonyl (C=O) groups excluding carboxylic acids is 2. The third-order valence-corrected chi connectivity index (χ3v) is 6.35. The van der Waals surface area contributed by atoms with E-state index in [9.17, 15) is 9.59 Å². The first-order valence-corrected chi connectivity index (χ1v) is 10.0. The zero-order valence-electron chi connectivity index (χ0n) is 12.2. The van der Waals surface area contributed by atoms with Crippen molar-refractivity contribution < 1.29 is 14.3 Å². The normalized spacial score (nSPS) is 10.6. The second kappa shape index (κ2) is 7.51. The van der Waals surface area contributed by atoms with Gasteiger partial charge in [0.15, 0.2) is 5.13 Å². The van der Waals surface area contributed by atoms with Gasteiger partial charge in [-0.15, -0.1) is 34.0 Å². The maximum Gasteiger partial charge on any atom is 0.311 e. The van der Waals surface area contributed by atoms with Crippen molar-refractivity contribution in [3.05, 3.63) is 38.1 Å². The van der Waals surface area contributed by atoms with E-state index in [-0.39, 0.29) is 18.3 Å². The van der Waals surface area contributed by atoms with Crippen LogP contribution in [0.1, 0.15) is 16.2 Å². The molecule has 1 amide bonds. The number of halogens is 1. The first-order chi connectivity index (χ1) is 11.5. The number of amides is 1. The average Bonchev–Trinajstić information content (AvgIpc) is 3.27. The van der Waals surface area contributed by atoms with Crippen molar-refractivity contribution in [2.24, 2.45) is 0 Å². The summed E-state index contributed by atoms with van der Waals surface area (Å²) in [5.41, 5.74) is 0.897. The number of ether oxygens (including phenoxy) is 1. The third-order valence-electron chi connectivity index (χ3n) is 2.84. The molecule has 0 unspecified atom stereocenters. The summed E-state index contributed by atoms with van der Waals surface area (Å²) in [6, 6.07) is 1.96. The second-order valence-corrected chi connectivity index (χ2v) is 8.06. The number of thiazole rings is 2. The Morgan fingerprint density at radius 1 is 1.21 bits per heavy atom. The van der Waals surface area contributed by atoms with Crippen LogP contribution in [0.2, 0.25) is 0 Å². The van der Waals surface area contributed by atoms with Gasteiger partial charge in [-0.2, -0.15) is 0 Å². The van der Waals surface area contributed by atoms with Gasteiger partial charge in [0, 0.05) is 20.6 Å². The molecule has 3 aromatic heterocycles. The lowest BCUT2D eigenvalue weighted by Gasteiger charge is -1.98. The molecule has 3 rings (SSSR count). The molecule has 0 aliphatic heterocycles. The molecule has 0 aliphatic carbocycles. The molecular formula is C14H10BrN3O3S3. The number of nitrogens with one attached hydrogen (secondary N) is 1. The molecule has 24 heavy (non-hydrogen) atoms. The zero-order chi connectivity index (χ0) is 17.1. The summed E-state index contributed by atoms with van der Waals surface area (Å²) >= 11 is 7.62. The standard InChI is InChI=1S/C14H10BrN3O3S3/c1-21-11(19)3-8-5-24-14(16-8)18-12(20)9-6-23-13(17-9)10-2-7(15)4-22-10/h2,4-6H,3H2,1H3,(H,16,18,20). The number of carbonyl (C=O) groups is 2. The summed E-state index contributed by atoms with van der Waals surface area (Å²) in [5, 5.41) is 9.30. The van der Waals surface area contributed by atoms with E-state index in [1.54, 1.807) is 22.1 Å². The predicted molar refractivity (Wildman–Crippen MR) is 98.9 cm³/mol. The maximum atomic E-state index is 12.3. The van der Waals surface area contributed by atoms with Gasteiger partial charge in [0.25, 0.3) is 5.91 Å². The van der Waals surface area contributed by atoms with Crippen LogP contribution in [0.25, 0.3) is 9.88 Å². The van der Waals surface area contributed by atoms with Gasteiger partial charge in [-0.25, -0.2) is 9.97 Å². The summed E-state index contributed by atoms with van der Waals surface area (Å²) in [5.74, 6) is -0.698. The van der Waals surface area contributed by atoms with Crippen LogP contribution in [-0.2, 0) is 16.0 Å². The number of thiophene rings is 1. The first-order valence-electron chi connectivity index (χ1n) is 6.57. The van der Waals surface area contributed by atoms with Crippen LogP contribution < -0.4 is 5.32 Å². The van der Waals surface area contributed by atoms with Crippen LogP contribution in [0.5, 0.6) is 0 Å². The number of aromatic nitrogens is 2. The van der Waals surface area contributed by atoms with E-state index in [1.807, 2.05) is 11.4 Å². The Kier molecular flexibility index (Phi) is 5.39. The van der Waals surface area contributed by atoms with E-state index >= 15 is 0 Å². The van der Waals surface area contributed by atoms with Crippen LogP contribution in [0.3, 0.4) is 0 Å². The Hall–Kier alpha value is -1.62. The minimum Gasteiger partial charge on any atom is -0.469 e. The monoisotopic (exact) mass is 443 g/mol. The number of nitrogens with zero attached hydrogens (tertiary/aromatic N) is 2. The Morgan fingerprint density at radius 3 is 2.75 bits per heavy atom. The van der Waals surface area contributed by atoms with Gasteiger partial charge in [-0.3, -0.25) is 14.9 Å². The number of anilines is 1. The highest BCUT2D eigenvalue weighted by Gasteiger charge is 2.15. The SMILES string of the molecule is COC(=O)Cc1csc(NC(=O)c2csc(-c3cc(Br)cs3)n2)n1. The van der Waals surface area contributed by atoms with Crippen LogP contribution in [0.15, 0.2) is 26.7 Å². The smallest absolute Gasteiger partial charge is 0.311 e. The molecule has 0 aromatic carbocycles. The van der Waals surface area contributed by atoms with Gasteiger partial charge in [0.05, 0.1) is 24.1 Å². The number of rotatable bonds is 5. The molecular weight excluding hydrogens is 434 g/mol. The zero-order valence-corrected chi connectivity index (χ0v) is 16.3. The topological polar surface area (TPSA) is 81.2 Å². The summed E-state index contributed by atoms with van der Waals surface area (Å²) < 4.78 is 5.58. The molecule has 0 atom stereocenters. The Balaban J connectivity index is 1.67. The summed E-state index contributed by atoms with van der Waals surface area (Å²) in [6.07, 6.45) is 0.0803. The van der Waals surface area contributed by atoms with Crippen LogP contribution in [-0.4, -0.2) is 29.0 Å². The third kappa shape index (κ3) is 4.07. The van der Waals surface area contributed by atoms with Crippen molar-refractivity contribution >= 4 is 66.9 Å². The van der Waals surface area contributed by atoms with Crippen molar-refractivity contribution in [2.45, 2.75) is 6.42 Å². The predicted octanol–water partition coefficient (Wildman–Crippen LogP) is 4.06. The Labute approximate surface area is 157 Å². The largest absolute Gasteiger partial charge is 0.469 e. The highest BCUT2D eigenvalue weighted by Crippen LogP contribution is 2.32. The van der Waals surface area contributed by atoms with E-state index < -0.39 is 0 Å². The molecule has 1 N–H and O–H groups in total. The van der Waals surface area contributed by atoms with Crippen LogP contribution in [0.4, 0.5) is 5.13 Å². The van der Waals surface area contributed by atoms with Gasteiger partial charge >= 0.3 is 5.97 Å². The summed E-state index contributed by atoms with van der Waals surface area (Å²) in [6.45, 7) is 0. The lowest BCUT2D eigenvalue weighted by molar-refractivity contribution is -0.139. The minimum atomic E-state index is -0.371. The first kappa shape index (κ1) is 17.2. The fourth-order valence-corrected chi connectivity index (χ4v) is 4.76. The molecule has 6 nitrogen and oxygen atoms in total. The van der Waals surface area contributed by atoms with E-state index in [0.29, 0.717) is 16.5 Å². The number of hydrogen-bond acceptors (Lipinski definition) is 8. The van der Waals surface area contributed by atoms with Crippen molar-refractivity contribution in [2.75, 3.05) is 12.4 Å². The molecule has 3 aromatic rings. The quantitative estimate of drug-likeness (QED) is 0.601. The molecule has 0 saturated carbocycles. The Morgan fingerprint density at radius 2 is 2.04 bits per heavy atom. The molecule has 0 aliphatic rings. The van der Waals surface area contributed by atoms with Crippen molar-refractivity contribution in [1.29, 1.82) is 0 Å². The number of methoxy groups -OCH3 is 1. The van der Waals surface area contributed by atoms with Crippen LogP contribution in [0, 0.1) is 0 Å². The van der Waals surface area contributed by atoms with Gasteiger partial charge in [-0.1, -0.05) is 0 Å². The summed E-state index contributed by atoms with van der Waals surface area (Å²) in [4.78, 5) is 33.0. The number of esters is 1. The van der Waals surface area contributed by atoms with Crippen molar-refractivity contribution in [3.8, 4) is 9.88 Å².